The van der Waals surface area contributed by atoms with Gasteiger partial charge < -0.3 is 5.73 Å². The van der Waals surface area contributed by atoms with Crippen LogP contribution in [-0.2, 0) is 0 Å². The number of hydrogen-bond donors (Lipinski definition) is 1. The van der Waals surface area contributed by atoms with Crippen LogP contribution in [0, 0.1) is 0 Å². The molecule has 1 unspecified atom stereocenters. The zero-order valence-corrected chi connectivity index (χ0v) is 21.7. The fraction of sp³-hybridized carbons (Fsp3) is 0.867. The first-order valence-electron chi connectivity index (χ1n) is 14.4. The number of allylic oxidation sites excluding steroid dienone is 4. The molecule has 0 aromatic carbocycles. The third-order valence-electron chi connectivity index (χ3n) is 6.45. The Morgan fingerprint density at radius 3 is 1.29 bits per heavy atom. The summed E-state index contributed by atoms with van der Waals surface area (Å²) in [5.41, 5.74) is 6.30. The van der Waals surface area contributed by atoms with Gasteiger partial charge in [-0.25, -0.2) is 0 Å². The van der Waals surface area contributed by atoms with Crippen LogP contribution < -0.4 is 5.73 Å². The molecule has 1 heteroatoms. The topological polar surface area (TPSA) is 26.0 Å². The van der Waals surface area contributed by atoms with Crippen molar-refractivity contribution in [2.24, 2.45) is 5.73 Å². The summed E-state index contributed by atoms with van der Waals surface area (Å²) >= 11 is 0. The maximum absolute atomic E-state index is 6.30. The third kappa shape index (κ3) is 27.4. The highest BCUT2D eigenvalue weighted by Gasteiger charge is 2.02. The minimum absolute atomic E-state index is 0.459. The van der Waals surface area contributed by atoms with Crippen molar-refractivity contribution in [3.05, 3.63) is 24.3 Å². The molecule has 0 radical (unpaired) electrons. The van der Waals surface area contributed by atoms with E-state index in [0.717, 1.165) is 6.42 Å². The first kappa shape index (κ1) is 30.4. The zero-order valence-electron chi connectivity index (χ0n) is 21.7. The summed E-state index contributed by atoms with van der Waals surface area (Å²) in [7, 11) is 0. The highest BCUT2D eigenvalue weighted by Crippen LogP contribution is 2.14. The second-order valence-corrected chi connectivity index (χ2v) is 9.75. The predicted octanol–water partition coefficient (Wildman–Crippen LogP) is 10.4. The Bertz CT molecular complexity index is 371. The molecule has 0 saturated carbocycles. The zero-order chi connectivity index (χ0) is 22.7. The largest absolute Gasteiger partial charge is 0.328 e. The standard InChI is InChI=1S/C30H59N/c1-3-5-7-9-11-12-13-14-15-16-17-18-19-20-21-23-25-27-29-30(31)28-26-24-22-10-8-6-4-2/h11-12,14-15,30H,3-10,13,16-29,31H2,1-2H3. The van der Waals surface area contributed by atoms with Gasteiger partial charge in [-0.2, -0.15) is 0 Å². The highest BCUT2D eigenvalue weighted by molar-refractivity contribution is 4.92. The first-order valence-corrected chi connectivity index (χ1v) is 14.4. The number of hydrogen-bond acceptors (Lipinski definition) is 1. The van der Waals surface area contributed by atoms with Crippen LogP contribution in [0.4, 0.5) is 0 Å². The molecule has 0 saturated heterocycles. The molecule has 0 spiro atoms. The molecule has 0 rings (SSSR count). The highest BCUT2D eigenvalue weighted by atomic mass is 14.6. The number of unbranched alkanes of at least 4 members (excludes halogenated alkanes) is 17. The van der Waals surface area contributed by atoms with Gasteiger partial charge in [-0.3, -0.25) is 0 Å². The van der Waals surface area contributed by atoms with Crippen LogP contribution in [0.15, 0.2) is 24.3 Å². The summed E-state index contributed by atoms with van der Waals surface area (Å²) in [5, 5.41) is 0. The van der Waals surface area contributed by atoms with Crippen molar-refractivity contribution in [2.45, 2.75) is 168 Å². The average Bonchev–Trinajstić information content (AvgIpc) is 2.77. The Hall–Kier alpha value is -0.560. The Kier molecular flexibility index (Phi) is 27.0. The number of nitrogens with two attached hydrogens (primary N) is 1. The summed E-state index contributed by atoms with van der Waals surface area (Å²) in [6.07, 6.45) is 40.5. The summed E-state index contributed by atoms with van der Waals surface area (Å²) < 4.78 is 0. The molecule has 184 valence electrons. The molecule has 0 aromatic heterocycles. The van der Waals surface area contributed by atoms with Crippen LogP contribution in [0.1, 0.15) is 162 Å². The molecule has 0 aliphatic heterocycles. The second-order valence-electron chi connectivity index (χ2n) is 9.75. The smallest absolute Gasteiger partial charge is 0.00388 e. The average molecular weight is 434 g/mol. The van der Waals surface area contributed by atoms with Crippen LogP contribution in [0.25, 0.3) is 0 Å². The van der Waals surface area contributed by atoms with E-state index in [4.69, 9.17) is 5.73 Å². The normalized spacial score (nSPS) is 13.0. The number of rotatable bonds is 25. The minimum atomic E-state index is 0.459. The lowest BCUT2D eigenvalue weighted by atomic mass is 10.0. The lowest BCUT2D eigenvalue weighted by Gasteiger charge is -2.11. The molecule has 0 amide bonds. The van der Waals surface area contributed by atoms with Gasteiger partial charge in [0, 0.05) is 6.04 Å². The van der Waals surface area contributed by atoms with E-state index in [1.165, 1.54) is 141 Å². The van der Waals surface area contributed by atoms with Gasteiger partial charge in [0.2, 0.25) is 0 Å². The molecule has 2 N–H and O–H groups in total. The monoisotopic (exact) mass is 433 g/mol. The SMILES string of the molecule is CCCCCC=CCC=CCCCCCCCCCCC(N)CCCCCCCCC. The van der Waals surface area contributed by atoms with Gasteiger partial charge >= 0.3 is 0 Å². The van der Waals surface area contributed by atoms with E-state index in [0.29, 0.717) is 6.04 Å². The molecule has 0 aliphatic rings. The lowest BCUT2D eigenvalue weighted by molar-refractivity contribution is 0.480. The van der Waals surface area contributed by atoms with Crippen molar-refractivity contribution in [2.75, 3.05) is 0 Å². The first-order chi connectivity index (χ1) is 15.3. The maximum Gasteiger partial charge on any atom is 0.00388 e. The van der Waals surface area contributed by atoms with Crippen molar-refractivity contribution in [3.8, 4) is 0 Å². The van der Waals surface area contributed by atoms with Crippen LogP contribution in [0.5, 0.6) is 0 Å². The molecule has 0 heterocycles. The van der Waals surface area contributed by atoms with Crippen molar-refractivity contribution in [3.63, 3.8) is 0 Å². The summed E-state index contributed by atoms with van der Waals surface area (Å²) in [6, 6.07) is 0.459. The van der Waals surface area contributed by atoms with E-state index < -0.39 is 0 Å². The van der Waals surface area contributed by atoms with Gasteiger partial charge in [-0.15, -0.1) is 0 Å². The summed E-state index contributed by atoms with van der Waals surface area (Å²) in [6.45, 7) is 4.55. The van der Waals surface area contributed by atoms with Gasteiger partial charge in [0.15, 0.2) is 0 Å². The maximum atomic E-state index is 6.30. The van der Waals surface area contributed by atoms with Crippen LogP contribution in [0.2, 0.25) is 0 Å². The molecular formula is C30H59N. The molecule has 0 bridgehead atoms. The van der Waals surface area contributed by atoms with Gasteiger partial charge in [0.1, 0.15) is 0 Å². The molecule has 0 fully saturated rings. The minimum Gasteiger partial charge on any atom is -0.328 e. The van der Waals surface area contributed by atoms with E-state index in [2.05, 4.69) is 38.2 Å². The molecule has 0 aliphatic carbocycles. The van der Waals surface area contributed by atoms with Gasteiger partial charge in [0.25, 0.3) is 0 Å². The van der Waals surface area contributed by atoms with Crippen molar-refractivity contribution >= 4 is 0 Å². The molecule has 0 aromatic rings. The van der Waals surface area contributed by atoms with Crippen molar-refractivity contribution < 1.29 is 0 Å². The summed E-state index contributed by atoms with van der Waals surface area (Å²) in [4.78, 5) is 0. The van der Waals surface area contributed by atoms with E-state index in [-0.39, 0.29) is 0 Å². The predicted molar refractivity (Wildman–Crippen MR) is 144 cm³/mol. The Balaban J connectivity index is 3.21. The van der Waals surface area contributed by atoms with Crippen molar-refractivity contribution in [1.29, 1.82) is 0 Å². The molecule has 1 nitrogen and oxygen atoms in total. The second kappa shape index (κ2) is 27.5. The van der Waals surface area contributed by atoms with Gasteiger partial charge in [0.05, 0.1) is 0 Å². The van der Waals surface area contributed by atoms with E-state index in [1.54, 1.807) is 0 Å². The Labute approximate surface area is 197 Å². The Morgan fingerprint density at radius 2 is 0.806 bits per heavy atom. The van der Waals surface area contributed by atoms with Crippen molar-refractivity contribution in [1.82, 2.24) is 0 Å². The van der Waals surface area contributed by atoms with E-state index in [9.17, 15) is 0 Å². The van der Waals surface area contributed by atoms with Crippen LogP contribution in [-0.4, -0.2) is 6.04 Å². The molecule has 31 heavy (non-hydrogen) atoms. The fourth-order valence-electron chi connectivity index (χ4n) is 4.26. The summed E-state index contributed by atoms with van der Waals surface area (Å²) in [5.74, 6) is 0. The van der Waals surface area contributed by atoms with Crippen LogP contribution in [0.3, 0.4) is 0 Å². The van der Waals surface area contributed by atoms with E-state index in [1.807, 2.05) is 0 Å². The quantitative estimate of drug-likeness (QED) is 0.112. The fourth-order valence-corrected chi connectivity index (χ4v) is 4.26. The molecular weight excluding hydrogens is 374 g/mol. The van der Waals surface area contributed by atoms with Gasteiger partial charge in [-0.05, 0) is 44.9 Å². The van der Waals surface area contributed by atoms with E-state index >= 15 is 0 Å². The lowest BCUT2D eigenvalue weighted by Crippen LogP contribution is -2.19. The molecule has 1 atom stereocenters. The Morgan fingerprint density at radius 1 is 0.452 bits per heavy atom. The van der Waals surface area contributed by atoms with Gasteiger partial charge in [-0.1, -0.05) is 141 Å². The third-order valence-corrected chi connectivity index (χ3v) is 6.45. The van der Waals surface area contributed by atoms with Crippen LogP contribution >= 0.6 is 0 Å².